The number of aliphatic hydroxyl groups excluding tert-OH is 1. The van der Waals surface area contributed by atoms with Crippen LogP contribution in [0.4, 0.5) is 18.9 Å². The van der Waals surface area contributed by atoms with Crippen LogP contribution < -0.4 is 9.64 Å². The number of hydrogen-bond acceptors (Lipinski definition) is 5. The fraction of sp³-hybridized carbons (Fsp3) is 0.500. The van der Waals surface area contributed by atoms with E-state index in [4.69, 9.17) is 4.74 Å². The minimum Gasteiger partial charge on any atom is -0.486 e. The van der Waals surface area contributed by atoms with E-state index in [0.29, 0.717) is 30.9 Å². The van der Waals surface area contributed by atoms with Gasteiger partial charge in [-0.1, -0.05) is 25.1 Å². The molecule has 1 amide bonds. The molecule has 0 unspecified atom stereocenters. The smallest absolute Gasteiger partial charge is 0.416 e. The number of benzene rings is 2. The Morgan fingerprint density at radius 1 is 1.14 bits per heavy atom. The maximum Gasteiger partial charge on any atom is 0.416 e. The Labute approximate surface area is 204 Å². The largest absolute Gasteiger partial charge is 0.486 e. The Morgan fingerprint density at radius 3 is 2.37 bits per heavy atom. The maximum atomic E-state index is 13.4. The predicted molar refractivity (Wildman–Crippen MR) is 130 cm³/mol. The van der Waals surface area contributed by atoms with Gasteiger partial charge >= 0.3 is 6.18 Å². The molecule has 1 heterocycles. The highest BCUT2D eigenvalue weighted by molar-refractivity contribution is 5.99. The molecule has 192 valence electrons. The van der Waals surface area contributed by atoms with Gasteiger partial charge in [-0.05, 0) is 43.8 Å². The Hall–Kier alpha value is -2.78. The van der Waals surface area contributed by atoms with Crippen LogP contribution in [0, 0.1) is 5.92 Å². The van der Waals surface area contributed by atoms with E-state index in [1.54, 1.807) is 11.0 Å². The van der Waals surface area contributed by atoms with Crippen molar-refractivity contribution in [2.45, 2.75) is 38.7 Å². The Kier molecular flexibility index (Phi) is 8.33. The number of nitrogens with zero attached hydrogens (tertiary/aromatic N) is 3. The molecule has 0 aromatic heterocycles. The summed E-state index contributed by atoms with van der Waals surface area (Å²) in [7, 11) is 5.65. The molecule has 2 aromatic rings. The van der Waals surface area contributed by atoms with Crippen LogP contribution in [0.5, 0.6) is 5.75 Å². The average Bonchev–Trinajstić information content (AvgIpc) is 2.80. The quantitative estimate of drug-likeness (QED) is 0.629. The second-order valence-corrected chi connectivity index (χ2v) is 9.56. The molecule has 0 saturated heterocycles. The van der Waals surface area contributed by atoms with Crippen molar-refractivity contribution >= 4 is 11.6 Å². The Morgan fingerprint density at radius 2 is 1.80 bits per heavy atom. The minimum absolute atomic E-state index is 0.0635. The van der Waals surface area contributed by atoms with E-state index in [1.165, 1.54) is 12.1 Å². The lowest BCUT2D eigenvalue weighted by atomic mass is 9.98. The van der Waals surface area contributed by atoms with Crippen LogP contribution in [-0.2, 0) is 12.7 Å². The summed E-state index contributed by atoms with van der Waals surface area (Å²) in [5.41, 5.74) is 1.31. The fourth-order valence-electron chi connectivity index (χ4n) is 4.28. The van der Waals surface area contributed by atoms with Gasteiger partial charge in [0, 0.05) is 39.6 Å². The SMILES string of the molecule is C[C@H](CO)N1C[C@H](C)[C@H](CN(C)Cc2ccc(C(F)(F)F)cc2)Oc2c(cccc2N(C)C)C1=O. The molecule has 1 aliphatic rings. The first-order valence-corrected chi connectivity index (χ1v) is 11.7. The van der Waals surface area contributed by atoms with Gasteiger partial charge in [0.2, 0.25) is 0 Å². The topological polar surface area (TPSA) is 56.2 Å². The fourth-order valence-corrected chi connectivity index (χ4v) is 4.28. The molecule has 1 N–H and O–H groups in total. The lowest BCUT2D eigenvalue weighted by Crippen LogP contribution is -2.49. The average molecular weight is 494 g/mol. The monoisotopic (exact) mass is 493 g/mol. The number of amides is 1. The Balaban J connectivity index is 1.87. The Bertz CT molecular complexity index is 1010. The van der Waals surface area contributed by atoms with Crippen LogP contribution in [0.3, 0.4) is 0 Å². The normalized spacial score (nSPS) is 19.6. The lowest BCUT2D eigenvalue weighted by Gasteiger charge is -2.39. The van der Waals surface area contributed by atoms with Gasteiger partial charge in [-0.15, -0.1) is 0 Å². The molecule has 3 atom stereocenters. The van der Waals surface area contributed by atoms with E-state index < -0.39 is 11.7 Å². The molecule has 9 heteroatoms. The number of likely N-dealkylation sites (N-methyl/N-ethyl adjacent to an activating group) is 1. The molecule has 0 spiro atoms. The third kappa shape index (κ3) is 6.27. The van der Waals surface area contributed by atoms with Crippen molar-refractivity contribution in [3.05, 3.63) is 59.2 Å². The number of carbonyl (C=O) groups is 1. The van der Waals surface area contributed by atoms with Crippen LogP contribution in [0.25, 0.3) is 0 Å². The van der Waals surface area contributed by atoms with E-state index in [-0.39, 0.29) is 30.6 Å². The summed E-state index contributed by atoms with van der Waals surface area (Å²) in [6.07, 6.45) is -4.66. The minimum atomic E-state index is -4.36. The number of carbonyl (C=O) groups excluding carboxylic acids is 1. The van der Waals surface area contributed by atoms with Crippen LogP contribution in [0.15, 0.2) is 42.5 Å². The van der Waals surface area contributed by atoms with E-state index in [0.717, 1.165) is 23.4 Å². The molecular formula is C26H34F3N3O3. The molecule has 0 fully saturated rings. The van der Waals surface area contributed by atoms with Gasteiger partial charge in [-0.2, -0.15) is 13.2 Å². The van der Waals surface area contributed by atoms with Gasteiger partial charge in [0.05, 0.1) is 29.5 Å². The lowest BCUT2D eigenvalue weighted by molar-refractivity contribution is -0.137. The molecule has 0 bridgehead atoms. The molecule has 0 saturated carbocycles. The van der Waals surface area contributed by atoms with Crippen molar-refractivity contribution in [2.24, 2.45) is 5.92 Å². The molecular weight excluding hydrogens is 459 g/mol. The van der Waals surface area contributed by atoms with Crippen molar-refractivity contribution in [1.82, 2.24) is 9.80 Å². The highest BCUT2D eigenvalue weighted by Crippen LogP contribution is 2.36. The molecule has 3 rings (SSSR count). The number of ether oxygens (including phenoxy) is 1. The third-order valence-corrected chi connectivity index (χ3v) is 6.38. The molecule has 35 heavy (non-hydrogen) atoms. The van der Waals surface area contributed by atoms with Crippen molar-refractivity contribution in [3.8, 4) is 5.75 Å². The van der Waals surface area contributed by atoms with E-state index >= 15 is 0 Å². The number of aliphatic hydroxyl groups is 1. The number of hydrogen-bond donors (Lipinski definition) is 1. The molecule has 6 nitrogen and oxygen atoms in total. The van der Waals surface area contributed by atoms with Crippen molar-refractivity contribution in [3.63, 3.8) is 0 Å². The summed E-state index contributed by atoms with van der Waals surface area (Å²) in [6, 6.07) is 10.3. The zero-order valence-electron chi connectivity index (χ0n) is 20.8. The number of alkyl halides is 3. The summed E-state index contributed by atoms with van der Waals surface area (Å²) in [4.78, 5) is 19.0. The first kappa shape index (κ1) is 26.8. The highest BCUT2D eigenvalue weighted by Gasteiger charge is 2.35. The molecule has 0 radical (unpaired) electrons. The standard InChI is InChI=1S/C26H34F3N3O3/c1-17-13-32(18(2)16-33)25(34)21-7-6-8-22(30(3)4)24(21)35-23(17)15-31(5)14-19-9-11-20(12-10-19)26(27,28)29/h6-12,17-18,23,33H,13-16H2,1-5H3/t17-,18+,23-/m0/s1. The van der Waals surface area contributed by atoms with Crippen LogP contribution in [-0.4, -0.2) is 73.8 Å². The van der Waals surface area contributed by atoms with Gasteiger partial charge < -0.3 is 19.6 Å². The highest BCUT2D eigenvalue weighted by atomic mass is 19.4. The van der Waals surface area contributed by atoms with Crippen molar-refractivity contribution in [2.75, 3.05) is 45.7 Å². The third-order valence-electron chi connectivity index (χ3n) is 6.38. The summed E-state index contributed by atoms with van der Waals surface area (Å²) < 4.78 is 45.2. The van der Waals surface area contributed by atoms with Gasteiger partial charge in [0.15, 0.2) is 5.75 Å². The number of halogens is 3. The number of para-hydroxylation sites is 1. The molecule has 0 aliphatic carbocycles. The zero-order chi connectivity index (χ0) is 25.9. The maximum absolute atomic E-state index is 13.4. The van der Waals surface area contributed by atoms with Crippen LogP contribution in [0.1, 0.15) is 35.3 Å². The second-order valence-electron chi connectivity index (χ2n) is 9.56. The summed E-state index contributed by atoms with van der Waals surface area (Å²) >= 11 is 0. The van der Waals surface area contributed by atoms with Gasteiger partial charge in [0.25, 0.3) is 5.91 Å². The van der Waals surface area contributed by atoms with Crippen LogP contribution >= 0.6 is 0 Å². The van der Waals surface area contributed by atoms with Crippen molar-refractivity contribution in [1.29, 1.82) is 0 Å². The number of fused-ring (bicyclic) bond motifs is 1. The summed E-state index contributed by atoms with van der Waals surface area (Å²) in [6.45, 7) is 5.02. The van der Waals surface area contributed by atoms with Gasteiger partial charge in [0.1, 0.15) is 6.10 Å². The van der Waals surface area contributed by atoms with E-state index in [2.05, 4.69) is 0 Å². The van der Waals surface area contributed by atoms with Gasteiger partial charge in [-0.25, -0.2) is 0 Å². The molecule has 2 aromatic carbocycles. The van der Waals surface area contributed by atoms with Gasteiger partial charge in [-0.3, -0.25) is 9.69 Å². The molecule has 1 aliphatic heterocycles. The first-order valence-electron chi connectivity index (χ1n) is 11.7. The number of rotatable bonds is 7. The number of anilines is 1. The first-order chi connectivity index (χ1) is 16.4. The predicted octanol–water partition coefficient (Wildman–Crippen LogP) is 4.12. The zero-order valence-corrected chi connectivity index (χ0v) is 20.8. The van der Waals surface area contributed by atoms with E-state index in [1.807, 2.05) is 56.9 Å². The summed E-state index contributed by atoms with van der Waals surface area (Å²) in [5, 5.41) is 9.78. The second kappa shape index (κ2) is 10.9. The summed E-state index contributed by atoms with van der Waals surface area (Å²) in [5.74, 6) is 0.247. The van der Waals surface area contributed by atoms with E-state index in [9.17, 15) is 23.1 Å². The van der Waals surface area contributed by atoms with Crippen molar-refractivity contribution < 1.29 is 27.8 Å². The van der Waals surface area contributed by atoms with Crippen LogP contribution in [0.2, 0.25) is 0 Å².